The van der Waals surface area contributed by atoms with Gasteiger partial charge in [-0.25, -0.2) is 4.98 Å². The van der Waals surface area contributed by atoms with Crippen molar-refractivity contribution < 1.29 is 4.79 Å². The topological polar surface area (TPSA) is 37.6 Å². The van der Waals surface area contributed by atoms with Gasteiger partial charge in [0.15, 0.2) is 0 Å². The van der Waals surface area contributed by atoms with Crippen LogP contribution in [0.25, 0.3) is 16.9 Å². The van der Waals surface area contributed by atoms with E-state index < -0.39 is 0 Å². The summed E-state index contributed by atoms with van der Waals surface area (Å²) >= 11 is 0. The number of carbonyl (C=O) groups excluding carboxylic acids is 1. The van der Waals surface area contributed by atoms with Gasteiger partial charge in [0, 0.05) is 24.3 Å². The monoisotopic (exact) mass is 425 g/mol. The quantitative estimate of drug-likeness (QED) is 0.385. The Kier molecular flexibility index (Phi) is 6.13. The van der Waals surface area contributed by atoms with E-state index in [9.17, 15) is 4.79 Å². The number of aromatic nitrogens is 2. The van der Waals surface area contributed by atoms with E-state index in [0.29, 0.717) is 13.0 Å². The molecular weight excluding hydrogens is 394 g/mol. The van der Waals surface area contributed by atoms with Crippen LogP contribution in [0.3, 0.4) is 0 Å². The Hall–Kier alpha value is -3.40. The number of hydrogen-bond acceptors (Lipinski definition) is 2. The van der Waals surface area contributed by atoms with Crippen molar-refractivity contribution in [2.45, 2.75) is 53.6 Å². The van der Waals surface area contributed by atoms with Gasteiger partial charge in [-0.2, -0.15) is 0 Å². The van der Waals surface area contributed by atoms with Crippen molar-refractivity contribution in [2.24, 2.45) is 0 Å². The van der Waals surface area contributed by atoms with E-state index in [-0.39, 0.29) is 11.9 Å². The maximum atomic E-state index is 13.6. The van der Waals surface area contributed by atoms with Crippen molar-refractivity contribution in [3.63, 3.8) is 0 Å². The highest BCUT2D eigenvalue weighted by Crippen LogP contribution is 2.28. The second-order valence-electron chi connectivity index (χ2n) is 8.92. The third kappa shape index (κ3) is 4.45. The van der Waals surface area contributed by atoms with Crippen LogP contribution in [-0.4, -0.2) is 26.2 Å². The van der Waals surface area contributed by atoms with Crippen LogP contribution in [0.15, 0.2) is 66.9 Å². The van der Waals surface area contributed by atoms with E-state index in [1.165, 1.54) is 11.1 Å². The van der Waals surface area contributed by atoms with Gasteiger partial charge in [-0.15, -0.1) is 0 Å². The van der Waals surface area contributed by atoms with Gasteiger partial charge in [0.05, 0.1) is 17.8 Å². The summed E-state index contributed by atoms with van der Waals surface area (Å²) in [6.07, 6.45) is 2.33. The highest BCUT2D eigenvalue weighted by molar-refractivity contribution is 5.82. The summed E-state index contributed by atoms with van der Waals surface area (Å²) in [5.41, 5.74) is 8.51. The van der Waals surface area contributed by atoms with Gasteiger partial charge >= 0.3 is 0 Å². The average Bonchev–Trinajstić information content (AvgIpc) is 3.11. The van der Waals surface area contributed by atoms with Crippen LogP contribution in [0, 0.1) is 20.8 Å². The molecule has 0 saturated heterocycles. The molecule has 4 aromatic rings. The largest absolute Gasteiger partial charge is 0.336 e. The molecule has 4 heteroatoms. The van der Waals surface area contributed by atoms with Crippen molar-refractivity contribution in [1.29, 1.82) is 0 Å². The molecule has 0 radical (unpaired) electrons. The van der Waals surface area contributed by atoms with E-state index >= 15 is 0 Å². The maximum absolute atomic E-state index is 13.6. The Balaban J connectivity index is 1.75. The molecule has 2 heterocycles. The van der Waals surface area contributed by atoms with Crippen molar-refractivity contribution in [2.75, 3.05) is 0 Å². The molecule has 4 rings (SSSR count). The summed E-state index contributed by atoms with van der Waals surface area (Å²) in [6.45, 7) is 11.0. The smallest absolute Gasteiger partial charge is 0.229 e. The summed E-state index contributed by atoms with van der Waals surface area (Å²) in [5, 5.41) is 0. The predicted molar refractivity (Wildman–Crippen MR) is 131 cm³/mol. The predicted octanol–water partition coefficient (Wildman–Crippen LogP) is 5.91. The van der Waals surface area contributed by atoms with Gasteiger partial charge in [-0.1, -0.05) is 42.5 Å². The molecule has 0 spiro atoms. The van der Waals surface area contributed by atoms with Crippen LogP contribution in [0.4, 0.5) is 0 Å². The van der Waals surface area contributed by atoms with Crippen LogP contribution >= 0.6 is 0 Å². The summed E-state index contributed by atoms with van der Waals surface area (Å²) in [4.78, 5) is 20.5. The molecule has 0 saturated carbocycles. The second kappa shape index (κ2) is 8.99. The minimum absolute atomic E-state index is 0.106. The van der Waals surface area contributed by atoms with Crippen LogP contribution < -0.4 is 0 Å². The molecule has 2 aromatic carbocycles. The zero-order chi connectivity index (χ0) is 22.8. The number of imidazole rings is 1. The minimum atomic E-state index is 0.106. The zero-order valence-corrected chi connectivity index (χ0v) is 19.6. The van der Waals surface area contributed by atoms with Gasteiger partial charge in [-0.05, 0) is 75.1 Å². The van der Waals surface area contributed by atoms with Crippen molar-refractivity contribution in [1.82, 2.24) is 14.3 Å². The Morgan fingerprint density at radius 3 is 2.41 bits per heavy atom. The molecule has 1 amide bonds. The number of fused-ring (bicyclic) bond motifs is 1. The molecule has 0 bridgehead atoms. The van der Waals surface area contributed by atoms with Crippen LogP contribution in [0.1, 0.15) is 41.8 Å². The second-order valence-corrected chi connectivity index (χ2v) is 8.92. The number of nitrogens with zero attached hydrogens (tertiary/aromatic N) is 3. The number of rotatable bonds is 6. The van der Waals surface area contributed by atoms with Crippen LogP contribution in [0.5, 0.6) is 0 Å². The first-order valence-electron chi connectivity index (χ1n) is 11.2. The standard InChI is InChI=1S/C28H31N3O/c1-19(2)31(18-23-9-7-6-8-10-23)27(32)17-25-28(24-12-11-21(4)22(5)16-24)29-26-15-20(3)13-14-30(25)26/h6-16,19H,17-18H2,1-5H3. The zero-order valence-electron chi connectivity index (χ0n) is 19.6. The molecular formula is C28H31N3O. The summed E-state index contributed by atoms with van der Waals surface area (Å²) < 4.78 is 2.07. The Bertz CT molecular complexity index is 1250. The molecule has 0 aliphatic carbocycles. The summed E-state index contributed by atoms with van der Waals surface area (Å²) in [5.74, 6) is 0.108. The van der Waals surface area contributed by atoms with E-state index in [1.54, 1.807) is 0 Å². The Morgan fingerprint density at radius 2 is 1.72 bits per heavy atom. The molecule has 0 aliphatic rings. The number of pyridine rings is 1. The number of aryl methyl sites for hydroxylation is 3. The lowest BCUT2D eigenvalue weighted by Crippen LogP contribution is -2.37. The molecule has 4 nitrogen and oxygen atoms in total. The minimum Gasteiger partial charge on any atom is -0.336 e. The van der Waals surface area contributed by atoms with E-state index in [2.05, 4.69) is 81.5 Å². The summed E-state index contributed by atoms with van der Waals surface area (Å²) in [7, 11) is 0. The number of benzene rings is 2. The molecule has 164 valence electrons. The SMILES string of the molecule is Cc1ccn2c(CC(=O)N(Cc3ccccc3)C(C)C)c(-c3ccc(C)c(C)c3)nc2c1. The highest BCUT2D eigenvalue weighted by atomic mass is 16.2. The van der Waals surface area contributed by atoms with Gasteiger partial charge < -0.3 is 9.30 Å². The number of hydrogen-bond donors (Lipinski definition) is 0. The molecule has 0 fully saturated rings. The molecule has 0 N–H and O–H groups in total. The highest BCUT2D eigenvalue weighted by Gasteiger charge is 2.23. The first kappa shape index (κ1) is 21.8. The third-order valence-corrected chi connectivity index (χ3v) is 6.12. The summed E-state index contributed by atoms with van der Waals surface area (Å²) in [6, 6.07) is 20.8. The first-order chi connectivity index (χ1) is 15.3. The van der Waals surface area contributed by atoms with E-state index in [0.717, 1.165) is 33.7 Å². The fraction of sp³-hybridized carbons (Fsp3) is 0.286. The van der Waals surface area contributed by atoms with Crippen LogP contribution in [-0.2, 0) is 17.8 Å². The third-order valence-electron chi connectivity index (χ3n) is 6.12. The van der Waals surface area contributed by atoms with E-state index in [4.69, 9.17) is 4.98 Å². The lowest BCUT2D eigenvalue weighted by atomic mass is 10.0. The first-order valence-corrected chi connectivity index (χ1v) is 11.2. The van der Waals surface area contributed by atoms with E-state index in [1.807, 2.05) is 29.3 Å². The Morgan fingerprint density at radius 1 is 0.969 bits per heavy atom. The lowest BCUT2D eigenvalue weighted by Gasteiger charge is -2.27. The fourth-order valence-corrected chi connectivity index (χ4v) is 4.07. The van der Waals surface area contributed by atoms with Gasteiger partial charge in [0.1, 0.15) is 5.65 Å². The normalized spacial score (nSPS) is 11.3. The van der Waals surface area contributed by atoms with Gasteiger partial charge in [-0.3, -0.25) is 4.79 Å². The van der Waals surface area contributed by atoms with Crippen molar-refractivity contribution in [3.8, 4) is 11.3 Å². The van der Waals surface area contributed by atoms with Crippen molar-refractivity contribution in [3.05, 3.63) is 94.8 Å². The van der Waals surface area contributed by atoms with Crippen LogP contribution in [0.2, 0.25) is 0 Å². The molecule has 0 atom stereocenters. The van der Waals surface area contributed by atoms with Gasteiger partial charge in [0.25, 0.3) is 0 Å². The maximum Gasteiger partial charge on any atom is 0.229 e. The lowest BCUT2D eigenvalue weighted by molar-refractivity contribution is -0.132. The number of carbonyl (C=O) groups is 1. The molecule has 2 aromatic heterocycles. The molecule has 32 heavy (non-hydrogen) atoms. The van der Waals surface area contributed by atoms with Gasteiger partial charge in [0.2, 0.25) is 5.91 Å². The average molecular weight is 426 g/mol. The molecule has 0 aliphatic heterocycles. The molecule has 0 unspecified atom stereocenters. The number of amides is 1. The fourth-order valence-electron chi connectivity index (χ4n) is 4.07. The van der Waals surface area contributed by atoms with Crippen molar-refractivity contribution >= 4 is 11.6 Å². The Labute approximate surface area is 190 Å².